The minimum Gasteiger partial charge on any atom is -0.490 e. The number of para-hydroxylation sites is 1. The predicted molar refractivity (Wildman–Crippen MR) is 109 cm³/mol. The van der Waals surface area contributed by atoms with Gasteiger partial charge in [0.15, 0.2) is 0 Å². The Kier molecular flexibility index (Phi) is 5.62. The molecule has 5 nitrogen and oxygen atoms in total. The minimum atomic E-state index is 0.0854. The van der Waals surface area contributed by atoms with E-state index in [1.165, 1.54) is 0 Å². The summed E-state index contributed by atoms with van der Waals surface area (Å²) in [6.45, 7) is 3.49. The van der Waals surface area contributed by atoms with E-state index < -0.39 is 0 Å². The fourth-order valence-corrected chi connectivity index (χ4v) is 4.36. The molecule has 0 unspecified atom stereocenters. The van der Waals surface area contributed by atoms with E-state index in [-0.39, 0.29) is 12.0 Å². The molecule has 0 atom stereocenters. The highest BCUT2D eigenvalue weighted by molar-refractivity contribution is 9.10. The van der Waals surface area contributed by atoms with Crippen molar-refractivity contribution >= 4 is 27.7 Å². The second-order valence-electron chi connectivity index (χ2n) is 7.15. The van der Waals surface area contributed by atoms with Crippen LogP contribution in [0, 0.1) is 0 Å². The third-order valence-corrected chi connectivity index (χ3v) is 5.83. The molecule has 2 aliphatic rings. The number of carbonyl (C=O) groups excluding carboxylic acids is 1. The maximum absolute atomic E-state index is 12.5. The predicted octanol–water partition coefficient (Wildman–Crippen LogP) is 4.13. The van der Waals surface area contributed by atoms with E-state index in [1.54, 1.807) is 6.20 Å². The van der Waals surface area contributed by atoms with Gasteiger partial charge in [-0.3, -0.25) is 4.79 Å². The van der Waals surface area contributed by atoms with Crippen LogP contribution in [0.3, 0.4) is 0 Å². The zero-order valence-corrected chi connectivity index (χ0v) is 16.9. The Morgan fingerprint density at radius 3 is 2.44 bits per heavy atom. The summed E-state index contributed by atoms with van der Waals surface area (Å²) in [6, 6.07) is 11.9. The van der Waals surface area contributed by atoms with Crippen molar-refractivity contribution < 1.29 is 9.53 Å². The molecule has 0 aliphatic carbocycles. The Labute approximate surface area is 168 Å². The summed E-state index contributed by atoms with van der Waals surface area (Å²) in [7, 11) is 0. The number of piperidine rings is 1. The average Bonchev–Trinajstić information content (AvgIpc) is 3.24. The number of amides is 1. The zero-order chi connectivity index (χ0) is 18.6. The Hall–Kier alpha value is -2.08. The highest BCUT2D eigenvalue weighted by atomic mass is 79.9. The summed E-state index contributed by atoms with van der Waals surface area (Å²) in [5.41, 5.74) is 0.662. The fraction of sp³-hybridized carbons (Fsp3) is 0.429. The van der Waals surface area contributed by atoms with Crippen LogP contribution < -0.4 is 9.64 Å². The molecule has 27 heavy (non-hydrogen) atoms. The smallest absolute Gasteiger partial charge is 0.255 e. The summed E-state index contributed by atoms with van der Waals surface area (Å²) in [4.78, 5) is 21.3. The van der Waals surface area contributed by atoms with Gasteiger partial charge in [0.1, 0.15) is 17.7 Å². The van der Waals surface area contributed by atoms with E-state index >= 15 is 0 Å². The summed E-state index contributed by atoms with van der Waals surface area (Å²) in [5, 5.41) is 0. The molecule has 1 aromatic carbocycles. The van der Waals surface area contributed by atoms with Gasteiger partial charge in [-0.2, -0.15) is 0 Å². The number of benzene rings is 1. The summed E-state index contributed by atoms with van der Waals surface area (Å²) < 4.78 is 6.95. The number of halogens is 1. The number of aromatic nitrogens is 1. The highest BCUT2D eigenvalue weighted by Crippen LogP contribution is 2.29. The lowest BCUT2D eigenvalue weighted by Gasteiger charge is -2.33. The lowest BCUT2D eigenvalue weighted by molar-refractivity contribution is 0.0792. The van der Waals surface area contributed by atoms with Crippen molar-refractivity contribution in [2.75, 3.05) is 31.1 Å². The Balaban J connectivity index is 1.37. The topological polar surface area (TPSA) is 45.7 Å². The van der Waals surface area contributed by atoms with Crippen LogP contribution in [0.5, 0.6) is 5.75 Å². The van der Waals surface area contributed by atoms with Gasteiger partial charge >= 0.3 is 0 Å². The molecule has 2 aliphatic heterocycles. The number of hydrogen-bond donors (Lipinski definition) is 0. The van der Waals surface area contributed by atoms with Crippen molar-refractivity contribution in [3.8, 4) is 5.75 Å². The number of anilines is 1. The largest absolute Gasteiger partial charge is 0.490 e. The molecule has 0 radical (unpaired) electrons. The van der Waals surface area contributed by atoms with Gasteiger partial charge < -0.3 is 14.5 Å². The van der Waals surface area contributed by atoms with E-state index in [2.05, 4.69) is 25.8 Å². The van der Waals surface area contributed by atoms with E-state index in [9.17, 15) is 4.79 Å². The molecule has 2 saturated heterocycles. The SMILES string of the molecule is O=C(c1cnc(N2CCC(Oc3ccccc3)CC2)c(Br)c1)N1CCCC1. The zero-order valence-electron chi connectivity index (χ0n) is 15.3. The maximum Gasteiger partial charge on any atom is 0.255 e. The monoisotopic (exact) mass is 429 g/mol. The van der Waals surface area contributed by atoms with Crippen molar-refractivity contribution in [3.05, 3.63) is 52.6 Å². The first-order valence-corrected chi connectivity index (χ1v) is 10.4. The van der Waals surface area contributed by atoms with Gasteiger partial charge in [0.05, 0.1) is 10.0 Å². The van der Waals surface area contributed by atoms with Gasteiger partial charge in [-0.25, -0.2) is 4.98 Å². The molecule has 0 bridgehead atoms. The summed E-state index contributed by atoms with van der Waals surface area (Å²) in [6.07, 6.45) is 6.05. The number of likely N-dealkylation sites (tertiary alicyclic amines) is 1. The van der Waals surface area contributed by atoms with Crippen molar-refractivity contribution in [1.29, 1.82) is 0 Å². The van der Waals surface area contributed by atoms with Crippen LogP contribution in [0.15, 0.2) is 47.1 Å². The maximum atomic E-state index is 12.5. The minimum absolute atomic E-state index is 0.0854. The molecular formula is C21H24BrN3O2. The highest BCUT2D eigenvalue weighted by Gasteiger charge is 2.25. The van der Waals surface area contributed by atoms with Crippen LogP contribution in [0.1, 0.15) is 36.0 Å². The third kappa shape index (κ3) is 4.26. The molecule has 0 spiro atoms. The van der Waals surface area contributed by atoms with Crippen LogP contribution in [0.2, 0.25) is 0 Å². The van der Waals surface area contributed by atoms with Gasteiger partial charge in [-0.1, -0.05) is 18.2 Å². The Morgan fingerprint density at radius 1 is 1.07 bits per heavy atom. The standard InChI is InChI=1S/C21H24BrN3O2/c22-19-14-16(21(26)25-10-4-5-11-25)15-23-20(19)24-12-8-18(9-13-24)27-17-6-2-1-3-7-17/h1-3,6-7,14-15,18H,4-5,8-13H2. The van der Waals surface area contributed by atoms with Gasteiger partial charge in [-0.05, 0) is 47.0 Å². The molecule has 142 valence electrons. The van der Waals surface area contributed by atoms with Gasteiger partial charge in [0, 0.05) is 45.2 Å². The number of carbonyl (C=O) groups is 1. The van der Waals surface area contributed by atoms with Gasteiger partial charge in [-0.15, -0.1) is 0 Å². The first kappa shape index (κ1) is 18.3. The molecule has 3 heterocycles. The number of ether oxygens (including phenoxy) is 1. The Bertz CT molecular complexity index is 785. The van der Waals surface area contributed by atoms with Crippen LogP contribution in [0.25, 0.3) is 0 Å². The lowest BCUT2D eigenvalue weighted by Crippen LogP contribution is -2.39. The number of pyridine rings is 1. The molecule has 0 N–H and O–H groups in total. The molecule has 6 heteroatoms. The quantitative estimate of drug-likeness (QED) is 0.732. The molecule has 0 saturated carbocycles. The van der Waals surface area contributed by atoms with E-state index in [4.69, 9.17) is 4.74 Å². The molecular weight excluding hydrogens is 406 g/mol. The molecule has 2 fully saturated rings. The van der Waals surface area contributed by atoms with Crippen LogP contribution in [-0.2, 0) is 0 Å². The molecule has 2 aromatic rings. The van der Waals surface area contributed by atoms with Crippen LogP contribution in [0.4, 0.5) is 5.82 Å². The van der Waals surface area contributed by atoms with Crippen molar-refractivity contribution in [1.82, 2.24) is 9.88 Å². The van der Waals surface area contributed by atoms with Gasteiger partial charge in [0.2, 0.25) is 0 Å². The Morgan fingerprint density at radius 2 is 1.78 bits per heavy atom. The second-order valence-corrected chi connectivity index (χ2v) is 8.00. The van der Waals surface area contributed by atoms with Gasteiger partial charge in [0.25, 0.3) is 5.91 Å². The van der Waals surface area contributed by atoms with Crippen molar-refractivity contribution in [2.45, 2.75) is 31.8 Å². The van der Waals surface area contributed by atoms with E-state index in [0.717, 1.165) is 67.9 Å². The summed E-state index contributed by atoms with van der Waals surface area (Å²) >= 11 is 3.62. The normalized spacial score (nSPS) is 18.0. The van der Waals surface area contributed by atoms with Crippen LogP contribution >= 0.6 is 15.9 Å². The van der Waals surface area contributed by atoms with Crippen LogP contribution in [-0.4, -0.2) is 48.1 Å². The first-order chi connectivity index (χ1) is 13.2. The van der Waals surface area contributed by atoms with Crippen molar-refractivity contribution in [2.24, 2.45) is 0 Å². The average molecular weight is 430 g/mol. The number of nitrogens with zero attached hydrogens (tertiary/aromatic N) is 3. The molecule has 4 rings (SSSR count). The molecule has 1 aromatic heterocycles. The van der Waals surface area contributed by atoms with Crippen molar-refractivity contribution in [3.63, 3.8) is 0 Å². The van der Waals surface area contributed by atoms with E-state index in [0.29, 0.717) is 5.56 Å². The number of hydrogen-bond acceptors (Lipinski definition) is 4. The molecule has 1 amide bonds. The first-order valence-electron chi connectivity index (χ1n) is 9.62. The second kappa shape index (κ2) is 8.30. The van der Waals surface area contributed by atoms with E-state index in [1.807, 2.05) is 41.3 Å². The lowest BCUT2D eigenvalue weighted by atomic mass is 10.1. The number of rotatable bonds is 4. The third-order valence-electron chi connectivity index (χ3n) is 5.25. The fourth-order valence-electron chi connectivity index (χ4n) is 3.76. The summed E-state index contributed by atoms with van der Waals surface area (Å²) in [5.74, 6) is 1.92.